The Morgan fingerprint density at radius 3 is 1.75 bits per heavy atom. The minimum absolute atomic E-state index is 0.219. The molecule has 0 heterocycles. The number of benzene rings is 3. The number of rotatable bonds is 7. The molecule has 0 fully saturated rings. The average molecular weight is 489 g/mol. The highest BCUT2D eigenvalue weighted by atomic mass is 16.5. The van der Waals surface area contributed by atoms with Gasteiger partial charge in [-0.2, -0.15) is 5.10 Å². The zero-order chi connectivity index (χ0) is 26.1. The van der Waals surface area contributed by atoms with Gasteiger partial charge in [-0.3, -0.25) is 14.4 Å². The molecule has 10 heteroatoms. The summed E-state index contributed by atoms with van der Waals surface area (Å²) < 4.78 is 10.4. The lowest BCUT2D eigenvalue weighted by Gasteiger charge is -2.07. The minimum atomic E-state index is -0.953. The van der Waals surface area contributed by atoms with E-state index >= 15 is 0 Å². The number of nitrogens with zero attached hydrogens (tertiary/aromatic N) is 1. The fourth-order valence-electron chi connectivity index (χ4n) is 2.94. The Morgan fingerprint density at radius 2 is 1.19 bits per heavy atom. The lowest BCUT2D eigenvalue weighted by molar-refractivity contribution is -0.136. The second-order valence-electron chi connectivity index (χ2n) is 7.49. The van der Waals surface area contributed by atoms with Crippen molar-refractivity contribution in [1.29, 1.82) is 0 Å². The van der Waals surface area contributed by atoms with E-state index in [2.05, 4.69) is 21.2 Å². The molecule has 10 nitrogen and oxygen atoms in total. The maximum absolute atomic E-state index is 12.3. The standard InChI is InChI=1S/C26H24N4O6/c1-16(29-30-25(33)24(32)28-21-10-8-20(9-11-21)27-17(2)31)18-4-14-23(15-5-18)36-26(34)19-6-12-22(35-3)13-7-19/h4-15H,1-3H3,(H,27,31)(H,28,32)(H,30,33)/b29-16+. The molecule has 0 aliphatic heterocycles. The number of anilines is 2. The molecule has 3 aromatic carbocycles. The number of nitrogens with one attached hydrogen (secondary N) is 3. The van der Waals surface area contributed by atoms with Crippen molar-refractivity contribution < 1.29 is 28.7 Å². The zero-order valence-corrected chi connectivity index (χ0v) is 19.8. The van der Waals surface area contributed by atoms with Crippen LogP contribution in [0.15, 0.2) is 77.9 Å². The summed E-state index contributed by atoms with van der Waals surface area (Å²) in [7, 11) is 1.54. The summed E-state index contributed by atoms with van der Waals surface area (Å²) in [6.07, 6.45) is 0. The fourth-order valence-corrected chi connectivity index (χ4v) is 2.94. The molecular formula is C26H24N4O6. The van der Waals surface area contributed by atoms with Crippen LogP contribution in [0, 0.1) is 0 Å². The molecule has 0 atom stereocenters. The normalized spacial score (nSPS) is 10.7. The lowest BCUT2D eigenvalue weighted by Crippen LogP contribution is -2.32. The van der Waals surface area contributed by atoms with Crippen LogP contribution >= 0.6 is 0 Å². The van der Waals surface area contributed by atoms with Crippen LogP contribution in [0.3, 0.4) is 0 Å². The average Bonchev–Trinajstić information content (AvgIpc) is 2.88. The van der Waals surface area contributed by atoms with Gasteiger partial charge in [-0.25, -0.2) is 10.2 Å². The predicted molar refractivity (Wildman–Crippen MR) is 134 cm³/mol. The molecule has 0 radical (unpaired) electrons. The molecule has 0 saturated carbocycles. The Labute approximate surface area is 207 Å². The van der Waals surface area contributed by atoms with Crippen molar-refractivity contribution in [3.63, 3.8) is 0 Å². The van der Waals surface area contributed by atoms with Crippen molar-refractivity contribution in [2.24, 2.45) is 5.10 Å². The van der Waals surface area contributed by atoms with E-state index in [0.717, 1.165) is 0 Å². The third-order valence-electron chi connectivity index (χ3n) is 4.80. The van der Waals surface area contributed by atoms with Crippen LogP contribution in [0.4, 0.5) is 11.4 Å². The highest BCUT2D eigenvalue weighted by Crippen LogP contribution is 2.17. The SMILES string of the molecule is COc1ccc(C(=O)Oc2ccc(/C(C)=N/NC(=O)C(=O)Nc3ccc(NC(C)=O)cc3)cc2)cc1. The summed E-state index contributed by atoms with van der Waals surface area (Å²) in [5, 5.41) is 8.99. The molecule has 0 spiro atoms. The van der Waals surface area contributed by atoms with Crippen molar-refractivity contribution in [3.05, 3.63) is 83.9 Å². The van der Waals surface area contributed by atoms with Crippen LogP contribution in [-0.4, -0.2) is 36.5 Å². The molecule has 184 valence electrons. The van der Waals surface area contributed by atoms with Gasteiger partial charge < -0.3 is 20.1 Å². The largest absolute Gasteiger partial charge is 0.497 e. The van der Waals surface area contributed by atoms with Crippen molar-refractivity contribution in [2.75, 3.05) is 17.7 Å². The van der Waals surface area contributed by atoms with Gasteiger partial charge in [0.05, 0.1) is 18.4 Å². The Balaban J connectivity index is 1.53. The van der Waals surface area contributed by atoms with Crippen molar-refractivity contribution in [3.8, 4) is 11.5 Å². The topological polar surface area (TPSA) is 135 Å². The van der Waals surface area contributed by atoms with Gasteiger partial charge >= 0.3 is 17.8 Å². The summed E-state index contributed by atoms with van der Waals surface area (Å²) in [6.45, 7) is 3.03. The first-order chi connectivity index (χ1) is 17.2. The number of hydrogen-bond acceptors (Lipinski definition) is 7. The number of esters is 1. The Hall–Kier alpha value is -4.99. The molecule has 0 aromatic heterocycles. The van der Waals surface area contributed by atoms with Crippen LogP contribution in [0.5, 0.6) is 11.5 Å². The van der Waals surface area contributed by atoms with Gasteiger partial charge in [0.2, 0.25) is 5.91 Å². The first-order valence-electron chi connectivity index (χ1n) is 10.7. The smallest absolute Gasteiger partial charge is 0.343 e. The minimum Gasteiger partial charge on any atom is -0.497 e. The zero-order valence-electron chi connectivity index (χ0n) is 19.8. The van der Waals surface area contributed by atoms with Gasteiger partial charge in [0.1, 0.15) is 11.5 Å². The van der Waals surface area contributed by atoms with E-state index in [4.69, 9.17) is 9.47 Å². The molecule has 0 saturated heterocycles. The van der Waals surface area contributed by atoms with Crippen LogP contribution in [0.25, 0.3) is 0 Å². The van der Waals surface area contributed by atoms with Gasteiger partial charge in [-0.05, 0) is 85.3 Å². The number of methoxy groups -OCH3 is 1. The fraction of sp³-hybridized carbons (Fsp3) is 0.115. The molecule has 0 aliphatic rings. The van der Waals surface area contributed by atoms with E-state index in [-0.39, 0.29) is 5.91 Å². The van der Waals surface area contributed by atoms with Crippen LogP contribution in [-0.2, 0) is 14.4 Å². The summed E-state index contributed by atoms with van der Waals surface area (Å²) in [6, 6.07) is 19.3. The predicted octanol–water partition coefficient (Wildman–Crippen LogP) is 3.35. The number of hydrazone groups is 1. The van der Waals surface area contributed by atoms with Gasteiger partial charge in [0.15, 0.2) is 0 Å². The van der Waals surface area contributed by atoms with Gasteiger partial charge in [-0.15, -0.1) is 0 Å². The highest BCUT2D eigenvalue weighted by molar-refractivity contribution is 6.39. The number of carbonyl (C=O) groups excluding carboxylic acids is 4. The maximum Gasteiger partial charge on any atom is 0.343 e. The van der Waals surface area contributed by atoms with E-state index in [1.54, 1.807) is 79.7 Å². The third kappa shape index (κ3) is 7.26. The van der Waals surface area contributed by atoms with Crippen molar-refractivity contribution >= 4 is 40.8 Å². The van der Waals surface area contributed by atoms with E-state index in [9.17, 15) is 19.2 Å². The Kier molecular flexibility index (Phi) is 8.49. The third-order valence-corrected chi connectivity index (χ3v) is 4.80. The quantitative estimate of drug-likeness (QED) is 0.153. The highest BCUT2D eigenvalue weighted by Gasteiger charge is 2.14. The molecule has 0 unspecified atom stereocenters. The number of hydrogen-bond donors (Lipinski definition) is 3. The Morgan fingerprint density at radius 1 is 0.667 bits per heavy atom. The number of ether oxygens (including phenoxy) is 2. The molecule has 3 aromatic rings. The number of carbonyl (C=O) groups is 4. The van der Waals surface area contributed by atoms with Gasteiger partial charge in [0, 0.05) is 18.3 Å². The molecule has 0 bridgehead atoms. The second kappa shape index (κ2) is 11.9. The van der Waals surface area contributed by atoms with E-state index < -0.39 is 17.8 Å². The van der Waals surface area contributed by atoms with E-state index in [1.165, 1.54) is 14.0 Å². The molecule has 3 rings (SSSR count). The Bertz CT molecular complexity index is 1280. The van der Waals surface area contributed by atoms with Crippen molar-refractivity contribution in [1.82, 2.24) is 5.43 Å². The summed E-state index contributed by atoms with van der Waals surface area (Å²) in [5.41, 5.74) is 4.60. The van der Waals surface area contributed by atoms with Crippen molar-refractivity contribution in [2.45, 2.75) is 13.8 Å². The summed E-state index contributed by atoms with van der Waals surface area (Å²) in [4.78, 5) is 47.5. The lowest BCUT2D eigenvalue weighted by atomic mass is 10.1. The second-order valence-corrected chi connectivity index (χ2v) is 7.49. The molecule has 3 amide bonds. The molecule has 36 heavy (non-hydrogen) atoms. The van der Waals surface area contributed by atoms with Crippen LogP contribution in [0.1, 0.15) is 29.8 Å². The van der Waals surface area contributed by atoms with Gasteiger partial charge in [0.25, 0.3) is 0 Å². The van der Waals surface area contributed by atoms with E-state index in [1.807, 2.05) is 0 Å². The first kappa shape index (κ1) is 25.6. The molecule has 0 aliphatic carbocycles. The first-order valence-corrected chi connectivity index (χ1v) is 10.7. The summed E-state index contributed by atoms with van der Waals surface area (Å²) in [5.74, 6) is -1.62. The molecule has 3 N–H and O–H groups in total. The number of amides is 3. The maximum atomic E-state index is 12.3. The monoisotopic (exact) mass is 488 g/mol. The van der Waals surface area contributed by atoms with E-state index in [0.29, 0.717) is 39.7 Å². The van der Waals surface area contributed by atoms with Crippen LogP contribution in [0.2, 0.25) is 0 Å². The molecular weight excluding hydrogens is 464 g/mol. The van der Waals surface area contributed by atoms with Crippen LogP contribution < -0.4 is 25.5 Å². The van der Waals surface area contributed by atoms with Gasteiger partial charge in [-0.1, -0.05) is 0 Å². The summed E-state index contributed by atoms with van der Waals surface area (Å²) >= 11 is 0.